The van der Waals surface area contributed by atoms with E-state index >= 15 is 0 Å². The molecule has 1 unspecified atom stereocenters. The predicted octanol–water partition coefficient (Wildman–Crippen LogP) is 5.50. The van der Waals surface area contributed by atoms with Crippen LogP contribution in [0.15, 0.2) is 39.5 Å². The lowest BCUT2D eigenvalue weighted by atomic mass is 10.1. The number of nitrogens with zero attached hydrogens (tertiary/aromatic N) is 1. The molecular formula is C24H28N2O4S. The Kier molecular flexibility index (Phi) is 6.32. The number of aryl methyl sites for hydroxylation is 1. The lowest BCUT2D eigenvalue weighted by Gasteiger charge is -2.27. The fraction of sp³-hybridized carbons (Fsp3) is 0.417. The first-order chi connectivity index (χ1) is 15.0. The average Bonchev–Trinajstić information content (AvgIpc) is 3.12. The van der Waals surface area contributed by atoms with Gasteiger partial charge in [0, 0.05) is 29.7 Å². The van der Waals surface area contributed by atoms with Gasteiger partial charge in [0.15, 0.2) is 16.9 Å². The number of fused-ring (bicyclic) bond motifs is 1. The van der Waals surface area contributed by atoms with E-state index in [-0.39, 0.29) is 17.4 Å². The van der Waals surface area contributed by atoms with Gasteiger partial charge in [-0.25, -0.2) is 4.79 Å². The van der Waals surface area contributed by atoms with Crippen LogP contribution in [0.25, 0.3) is 11.0 Å². The van der Waals surface area contributed by atoms with Crippen molar-refractivity contribution in [2.24, 2.45) is 0 Å². The molecule has 0 aliphatic carbocycles. The van der Waals surface area contributed by atoms with Crippen molar-refractivity contribution >= 4 is 39.8 Å². The van der Waals surface area contributed by atoms with E-state index in [1.165, 1.54) is 6.42 Å². The second kappa shape index (κ2) is 9.14. The summed E-state index contributed by atoms with van der Waals surface area (Å²) in [4.78, 5) is 29.3. The molecule has 3 aromatic rings. The summed E-state index contributed by atoms with van der Waals surface area (Å²) in [5.74, 6) is 0.291. The Balaban J connectivity index is 1.70. The summed E-state index contributed by atoms with van der Waals surface area (Å²) in [6, 6.07) is 8.78. The van der Waals surface area contributed by atoms with Gasteiger partial charge in [-0.3, -0.25) is 4.79 Å². The Labute approximate surface area is 185 Å². The number of nitrogens with one attached hydrogen (secondary N) is 1. The van der Waals surface area contributed by atoms with E-state index in [1.54, 1.807) is 30.4 Å². The number of carbonyl (C=O) groups excluding carboxylic acids is 1. The zero-order valence-corrected chi connectivity index (χ0v) is 19.0. The van der Waals surface area contributed by atoms with Crippen LogP contribution in [0.5, 0.6) is 0 Å². The Hall–Kier alpha value is -2.80. The molecule has 3 heterocycles. The maximum atomic E-state index is 12.9. The molecule has 1 aliphatic heterocycles. The van der Waals surface area contributed by atoms with Crippen molar-refractivity contribution in [3.63, 3.8) is 0 Å². The second-order valence-electron chi connectivity index (χ2n) is 7.86. The number of para-hydroxylation sites is 1. The molecule has 0 saturated carbocycles. The first kappa shape index (κ1) is 21.4. The molecule has 0 radical (unpaired) electrons. The van der Waals surface area contributed by atoms with Gasteiger partial charge < -0.3 is 19.4 Å². The maximum Gasteiger partial charge on any atom is 0.340 e. The van der Waals surface area contributed by atoms with Gasteiger partial charge in [-0.2, -0.15) is 0 Å². The number of carbonyl (C=O) groups is 1. The Morgan fingerprint density at radius 2 is 2.00 bits per heavy atom. The van der Waals surface area contributed by atoms with Crippen molar-refractivity contribution in [2.75, 3.05) is 29.9 Å². The number of hydrogen-bond acceptors (Lipinski definition) is 7. The molecule has 6 nitrogen and oxygen atoms in total. The van der Waals surface area contributed by atoms with Crippen molar-refractivity contribution in [1.82, 2.24) is 0 Å². The zero-order chi connectivity index (χ0) is 22.0. The zero-order valence-electron chi connectivity index (χ0n) is 18.2. The molecule has 1 fully saturated rings. The Morgan fingerprint density at radius 1 is 1.26 bits per heavy atom. The summed E-state index contributed by atoms with van der Waals surface area (Å²) >= 11 is 1.56. The highest BCUT2D eigenvalue weighted by Crippen LogP contribution is 2.37. The topological polar surface area (TPSA) is 71.8 Å². The van der Waals surface area contributed by atoms with E-state index in [2.05, 4.69) is 10.2 Å². The van der Waals surface area contributed by atoms with Gasteiger partial charge in [-0.05, 0) is 52.2 Å². The second-order valence-corrected chi connectivity index (χ2v) is 9.11. The fourth-order valence-corrected chi connectivity index (χ4v) is 5.20. The Morgan fingerprint density at radius 3 is 2.74 bits per heavy atom. The summed E-state index contributed by atoms with van der Waals surface area (Å²) in [7, 11) is 0. The highest BCUT2D eigenvalue weighted by Gasteiger charge is 2.23. The summed E-state index contributed by atoms with van der Waals surface area (Å²) < 4.78 is 11.5. The molecule has 7 heteroatoms. The van der Waals surface area contributed by atoms with Crippen LogP contribution in [0.4, 0.5) is 11.6 Å². The molecule has 2 aromatic heterocycles. The van der Waals surface area contributed by atoms with Gasteiger partial charge in [-0.1, -0.05) is 12.1 Å². The van der Waals surface area contributed by atoms with E-state index in [1.807, 2.05) is 32.0 Å². The van der Waals surface area contributed by atoms with Gasteiger partial charge in [0.2, 0.25) is 0 Å². The fourth-order valence-electron chi connectivity index (χ4n) is 4.10. The summed E-state index contributed by atoms with van der Waals surface area (Å²) in [6.45, 7) is 7.90. The molecular weight excluding hydrogens is 412 g/mol. The molecule has 31 heavy (non-hydrogen) atoms. The third kappa shape index (κ3) is 4.32. The molecule has 0 amide bonds. The number of esters is 1. The van der Waals surface area contributed by atoms with Crippen molar-refractivity contribution in [1.29, 1.82) is 0 Å². The first-order valence-corrected chi connectivity index (χ1v) is 11.7. The molecule has 1 aliphatic rings. The quantitative estimate of drug-likeness (QED) is 0.510. The monoisotopic (exact) mass is 440 g/mol. The molecule has 164 valence electrons. The van der Waals surface area contributed by atoms with Crippen molar-refractivity contribution < 1.29 is 13.9 Å². The minimum absolute atomic E-state index is 0.000877. The number of piperidine rings is 1. The maximum absolute atomic E-state index is 12.9. The summed E-state index contributed by atoms with van der Waals surface area (Å²) in [5, 5.41) is 4.07. The minimum Gasteiger partial charge on any atom is -0.462 e. The van der Waals surface area contributed by atoms with Crippen molar-refractivity contribution in [3.05, 3.63) is 55.9 Å². The SMILES string of the molecule is CCOC(=O)c1ccccc1NC(C)c1sc(C)c2c(=O)cc(N3CCCCC3)oc12. The third-order valence-electron chi connectivity index (χ3n) is 5.63. The van der Waals surface area contributed by atoms with Crippen LogP contribution in [0, 0.1) is 6.92 Å². The first-order valence-electron chi connectivity index (χ1n) is 10.8. The van der Waals surface area contributed by atoms with Crippen LogP contribution in [-0.4, -0.2) is 25.7 Å². The number of ether oxygens (including phenoxy) is 1. The number of thiophene rings is 1. The molecule has 1 saturated heterocycles. The lowest BCUT2D eigenvalue weighted by molar-refractivity contribution is 0.0527. The molecule has 1 aromatic carbocycles. The van der Waals surface area contributed by atoms with Crippen LogP contribution >= 0.6 is 11.3 Å². The van der Waals surface area contributed by atoms with Crippen LogP contribution in [0.2, 0.25) is 0 Å². The van der Waals surface area contributed by atoms with Crippen molar-refractivity contribution in [2.45, 2.75) is 46.1 Å². The highest BCUT2D eigenvalue weighted by molar-refractivity contribution is 7.13. The van der Waals surface area contributed by atoms with E-state index in [4.69, 9.17) is 9.15 Å². The molecule has 0 spiro atoms. The van der Waals surface area contributed by atoms with E-state index < -0.39 is 0 Å². The highest BCUT2D eigenvalue weighted by atomic mass is 32.1. The van der Waals surface area contributed by atoms with Crippen LogP contribution in [-0.2, 0) is 4.74 Å². The van der Waals surface area contributed by atoms with Gasteiger partial charge in [0.05, 0.1) is 28.5 Å². The Bertz CT molecular complexity index is 1140. The van der Waals surface area contributed by atoms with Gasteiger partial charge in [0.1, 0.15) is 0 Å². The van der Waals surface area contributed by atoms with E-state index in [0.717, 1.165) is 35.7 Å². The van der Waals surface area contributed by atoms with Crippen LogP contribution in [0.3, 0.4) is 0 Å². The summed E-state index contributed by atoms with van der Waals surface area (Å²) in [6.07, 6.45) is 3.44. The normalized spacial score (nSPS) is 15.1. The van der Waals surface area contributed by atoms with Gasteiger partial charge in [0.25, 0.3) is 0 Å². The molecule has 1 atom stereocenters. The number of benzene rings is 1. The predicted molar refractivity (Wildman–Crippen MR) is 126 cm³/mol. The largest absolute Gasteiger partial charge is 0.462 e. The minimum atomic E-state index is -0.357. The average molecular weight is 441 g/mol. The number of anilines is 2. The smallest absolute Gasteiger partial charge is 0.340 e. The van der Waals surface area contributed by atoms with Crippen molar-refractivity contribution in [3.8, 4) is 0 Å². The van der Waals surface area contributed by atoms with E-state index in [0.29, 0.717) is 34.7 Å². The number of rotatable bonds is 6. The number of hydrogen-bond donors (Lipinski definition) is 1. The summed E-state index contributed by atoms with van der Waals surface area (Å²) in [5.41, 5.74) is 1.83. The van der Waals surface area contributed by atoms with Gasteiger partial charge in [-0.15, -0.1) is 11.3 Å². The van der Waals surface area contributed by atoms with E-state index in [9.17, 15) is 9.59 Å². The molecule has 4 rings (SSSR count). The third-order valence-corrected chi connectivity index (χ3v) is 6.90. The standard InChI is InChI=1S/C24H28N2O4S/c1-4-29-24(28)17-10-6-7-11-18(17)25-15(2)23-22-21(16(3)31-23)19(27)14-20(30-22)26-12-8-5-9-13-26/h6-7,10-11,14-15,25H,4-5,8-9,12-13H2,1-3H3. The molecule has 1 N–H and O–H groups in total. The van der Waals surface area contributed by atoms with Crippen LogP contribution < -0.4 is 15.6 Å². The van der Waals surface area contributed by atoms with Gasteiger partial charge >= 0.3 is 5.97 Å². The van der Waals surface area contributed by atoms with Crippen LogP contribution in [0.1, 0.15) is 59.3 Å². The lowest BCUT2D eigenvalue weighted by Crippen LogP contribution is -2.30. The molecule has 0 bridgehead atoms.